The number of carbonyl (C=O) groups excluding carboxylic acids is 2. The molecule has 0 spiro atoms. The number of carboxylic acids is 1. The van der Waals surface area contributed by atoms with Crippen LogP contribution in [0.3, 0.4) is 0 Å². The van der Waals surface area contributed by atoms with Gasteiger partial charge in [0, 0.05) is 30.0 Å². The van der Waals surface area contributed by atoms with E-state index in [1.165, 1.54) is 17.8 Å². The monoisotopic (exact) mass is 552 g/mol. The zero-order chi connectivity index (χ0) is 26.2. The second-order valence-corrected chi connectivity index (χ2v) is 9.89. The molecular formula is C25H26Cl2N2O6S. The summed E-state index contributed by atoms with van der Waals surface area (Å²) in [6.07, 6.45) is 3.80. The lowest BCUT2D eigenvalue weighted by Gasteiger charge is -2.31. The first kappa shape index (κ1) is 27.9. The van der Waals surface area contributed by atoms with Crippen molar-refractivity contribution < 1.29 is 29.3 Å². The molecule has 11 heteroatoms. The number of benzene rings is 2. The number of aliphatic hydroxyl groups is 1. The summed E-state index contributed by atoms with van der Waals surface area (Å²) in [5, 5.41) is 21.1. The number of rotatable bonds is 9. The molecule has 0 saturated carbocycles. The van der Waals surface area contributed by atoms with Gasteiger partial charge in [0.1, 0.15) is 11.8 Å². The highest BCUT2D eigenvalue weighted by atomic mass is 35.5. The normalized spacial score (nSPS) is 15.1. The number of piperidine rings is 1. The van der Waals surface area contributed by atoms with Gasteiger partial charge >= 0.3 is 5.97 Å². The summed E-state index contributed by atoms with van der Waals surface area (Å²) in [4.78, 5) is 39.2. The third-order valence-corrected chi connectivity index (χ3v) is 7.87. The third-order valence-electron chi connectivity index (χ3n) is 5.75. The molecule has 0 radical (unpaired) electrons. The van der Waals surface area contributed by atoms with Crippen molar-refractivity contribution in [2.45, 2.75) is 28.7 Å². The van der Waals surface area contributed by atoms with Crippen molar-refractivity contribution in [3.05, 3.63) is 58.1 Å². The molecule has 1 aliphatic rings. The number of hydrogen-bond donors (Lipinski definition) is 3. The second-order valence-electron chi connectivity index (χ2n) is 8.05. The largest absolute Gasteiger partial charge is 0.496 e. The zero-order valence-electron chi connectivity index (χ0n) is 19.4. The molecule has 1 saturated heterocycles. The van der Waals surface area contributed by atoms with E-state index in [0.29, 0.717) is 41.5 Å². The Morgan fingerprint density at radius 3 is 2.47 bits per heavy atom. The number of carboxylic acid groups (broad SMARTS) is 1. The lowest BCUT2D eigenvalue weighted by molar-refractivity contribution is -0.144. The predicted octanol–water partition coefficient (Wildman–Crippen LogP) is 3.97. The first-order valence-corrected chi connectivity index (χ1v) is 12.7. The van der Waals surface area contributed by atoms with Crippen molar-refractivity contribution in [3.8, 4) is 5.75 Å². The van der Waals surface area contributed by atoms with E-state index in [4.69, 9.17) is 38.2 Å². The van der Waals surface area contributed by atoms with Crippen LogP contribution < -0.4 is 10.1 Å². The fourth-order valence-corrected chi connectivity index (χ4v) is 5.21. The van der Waals surface area contributed by atoms with Crippen LogP contribution in [0, 0.1) is 5.92 Å². The van der Waals surface area contributed by atoms with Crippen LogP contribution in [0.5, 0.6) is 5.75 Å². The van der Waals surface area contributed by atoms with Gasteiger partial charge in [0.15, 0.2) is 0 Å². The Morgan fingerprint density at radius 1 is 1.14 bits per heavy atom. The molecule has 0 aliphatic carbocycles. The van der Waals surface area contributed by atoms with E-state index in [2.05, 4.69) is 5.32 Å². The van der Waals surface area contributed by atoms with Gasteiger partial charge in [-0.15, -0.1) is 0 Å². The molecule has 2 amide bonds. The van der Waals surface area contributed by atoms with Crippen LogP contribution in [-0.4, -0.2) is 65.7 Å². The van der Waals surface area contributed by atoms with Crippen molar-refractivity contribution in [1.82, 2.24) is 10.2 Å². The first-order valence-electron chi connectivity index (χ1n) is 11.1. The van der Waals surface area contributed by atoms with E-state index in [-0.39, 0.29) is 5.91 Å². The summed E-state index contributed by atoms with van der Waals surface area (Å²) in [6, 6.07) is 9.84. The fourth-order valence-electron chi connectivity index (χ4n) is 3.68. The maximum Gasteiger partial charge on any atom is 0.328 e. The van der Waals surface area contributed by atoms with E-state index >= 15 is 0 Å². The number of para-hydroxylation sites is 1. The van der Waals surface area contributed by atoms with E-state index in [1.807, 2.05) is 30.3 Å². The second kappa shape index (κ2) is 13.0. The van der Waals surface area contributed by atoms with E-state index in [0.717, 1.165) is 15.5 Å². The van der Waals surface area contributed by atoms with E-state index in [1.54, 1.807) is 24.2 Å². The van der Waals surface area contributed by atoms with Crippen molar-refractivity contribution in [2.75, 3.05) is 26.8 Å². The van der Waals surface area contributed by atoms with Crippen LogP contribution in [0.2, 0.25) is 10.0 Å². The third kappa shape index (κ3) is 6.94. The van der Waals surface area contributed by atoms with Gasteiger partial charge < -0.3 is 25.2 Å². The quantitative estimate of drug-likeness (QED) is 0.403. The molecule has 8 nitrogen and oxygen atoms in total. The van der Waals surface area contributed by atoms with Crippen LogP contribution in [0.15, 0.2) is 52.3 Å². The first-order chi connectivity index (χ1) is 17.2. The minimum absolute atomic E-state index is 0.229. The number of ether oxygens (including phenoxy) is 1. The van der Waals surface area contributed by atoms with Crippen molar-refractivity contribution in [2.24, 2.45) is 5.92 Å². The molecule has 36 heavy (non-hydrogen) atoms. The molecule has 1 atom stereocenters. The van der Waals surface area contributed by atoms with Crippen LogP contribution in [0.4, 0.5) is 0 Å². The molecular weight excluding hydrogens is 527 g/mol. The number of hydrogen-bond acceptors (Lipinski definition) is 6. The van der Waals surface area contributed by atoms with Crippen LogP contribution >= 0.6 is 35.0 Å². The summed E-state index contributed by atoms with van der Waals surface area (Å²) in [5.74, 6) is -1.67. The Balaban J connectivity index is 1.59. The average Bonchev–Trinajstić information content (AvgIpc) is 2.89. The summed E-state index contributed by atoms with van der Waals surface area (Å²) < 4.78 is 5.38. The highest BCUT2D eigenvalue weighted by Gasteiger charge is 2.29. The van der Waals surface area contributed by atoms with Crippen molar-refractivity contribution in [1.29, 1.82) is 0 Å². The Kier molecular flexibility index (Phi) is 10.1. The summed E-state index contributed by atoms with van der Waals surface area (Å²) in [7, 11) is 1.60. The number of methoxy groups -OCH3 is 1. The SMILES string of the molecule is COc1ccccc1Sc1ccc(/C=C/C(=O)N2CCC(C(=O)NC(CO)C(=O)O)CC2)c(Cl)c1Cl. The van der Waals surface area contributed by atoms with Crippen molar-refractivity contribution >= 4 is 58.8 Å². The average molecular weight is 553 g/mol. The van der Waals surface area contributed by atoms with Gasteiger partial charge in [-0.25, -0.2) is 4.79 Å². The fraction of sp³-hybridized carbons (Fsp3) is 0.320. The Labute approximate surface area is 223 Å². The van der Waals surface area contributed by atoms with Gasteiger partial charge in [0.05, 0.1) is 28.7 Å². The number of nitrogens with one attached hydrogen (secondary N) is 1. The molecule has 3 rings (SSSR count). The molecule has 1 unspecified atom stereocenters. The standard InChI is InChI=1S/C25H26Cl2N2O6S/c1-35-18-4-2-3-5-19(18)36-20-8-6-15(22(26)23(20)27)7-9-21(31)29-12-10-16(11-13-29)24(32)28-17(14-30)25(33)34/h2-9,16-17,30H,10-14H2,1H3,(H,28,32)(H,33,34)/b9-7+. The molecule has 2 aromatic carbocycles. The van der Waals surface area contributed by atoms with Gasteiger partial charge in [-0.2, -0.15) is 0 Å². The Morgan fingerprint density at radius 2 is 1.83 bits per heavy atom. The predicted molar refractivity (Wildman–Crippen MR) is 139 cm³/mol. The maximum absolute atomic E-state index is 12.7. The van der Waals surface area contributed by atoms with Gasteiger partial charge in [-0.3, -0.25) is 9.59 Å². The number of halogens is 2. The molecule has 1 aliphatic heterocycles. The molecule has 192 valence electrons. The van der Waals surface area contributed by atoms with Gasteiger partial charge in [0.2, 0.25) is 11.8 Å². The van der Waals surface area contributed by atoms with Gasteiger partial charge in [-0.1, -0.05) is 53.2 Å². The highest BCUT2D eigenvalue weighted by Crippen LogP contribution is 2.42. The number of carbonyl (C=O) groups is 3. The lowest BCUT2D eigenvalue weighted by Crippen LogP contribution is -2.48. The molecule has 0 bridgehead atoms. The topological polar surface area (TPSA) is 116 Å². The number of aliphatic carboxylic acids is 1. The van der Waals surface area contributed by atoms with Gasteiger partial charge in [0.25, 0.3) is 0 Å². The van der Waals surface area contributed by atoms with Gasteiger partial charge in [-0.05, 0) is 42.7 Å². The summed E-state index contributed by atoms with van der Waals surface area (Å²) in [5.41, 5.74) is 0.595. The summed E-state index contributed by atoms with van der Waals surface area (Å²) >= 11 is 14.4. The number of likely N-dealkylation sites (tertiary alicyclic amines) is 1. The van der Waals surface area contributed by atoms with E-state index in [9.17, 15) is 14.4 Å². The molecule has 0 aromatic heterocycles. The minimum Gasteiger partial charge on any atom is -0.496 e. The van der Waals surface area contributed by atoms with Crippen LogP contribution in [0.1, 0.15) is 18.4 Å². The Bertz CT molecular complexity index is 1150. The molecule has 3 N–H and O–H groups in total. The minimum atomic E-state index is -1.34. The van der Waals surface area contributed by atoms with Crippen LogP contribution in [0.25, 0.3) is 6.08 Å². The molecule has 1 fully saturated rings. The maximum atomic E-state index is 12.7. The van der Waals surface area contributed by atoms with Crippen LogP contribution in [-0.2, 0) is 14.4 Å². The smallest absolute Gasteiger partial charge is 0.328 e. The molecule has 2 aromatic rings. The lowest BCUT2D eigenvalue weighted by atomic mass is 9.95. The summed E-state index contributed by atoms with van der Waals surface area (Å²) in [6.45, 7) is 0.0120. The van der Waals surface area contributed by atoms with Crippen molar-refractivity contribution in [3.63, 3.8) is 0 Å². The number of nitrogens with zero attached hydrogens (tertiary/aromatic N) is 1. The zero-order valence-corrected chi connectivity index (χ0v) is 21.8. The number of aliphatic hydroxyl groups excluding tert-OH is 1. The van der Waals surface area contributed by atoms with E-state index < -0.39 is 30.4 Å². The molecule has 1 heterocycles. The highest BCUT2D eigenvalue weighted by molar-refractivity contribution is 7.99. The number of amides is 2. The Hall–Kier alpha value is -2.72.